The summed E-state index contributed by atoms with van der Waals surface area (Å²) < 4.78 is 0. The largest absolute Gasteiger partial charge is 0.481 e. The molecule has 0 aromatic rings. The highest BCUT2D eigenvalue weighted by Gasteiger charge is 2.69. The van der Waals surface area contributed by atoms with Gasteiger partial charge in [-0.1, -0.05) is 33.3 Å². The van der Waals surface area contributed by atoms with E-state index in [0.717, 1.165) is 19.3 Å². The summed E-state index contributed by atoms with van der Waals surface area (Å²) in [6, 6.07) is 0. The minimum Gasteiger partial charge on any atom is -0.481 e. The van der Waals surface area contributed by atoms with Gasteiger partial charge in [0.25, 0.3) is 0 Å². The molecule has 6 heteroatoms. The molecule has 0 aromatic carbocycles. The molecule has 3 N–H and O–H groups in total. The number of aliphatic carboxylic acids is 1. The van der Waals surface area contributed by atoms with Crippen molar-refractivity contribution in [2.24, 2.45) is 40.4 Å². The van der Waals surface area contributed by atoms with E-state index in [2.05, 4.69) is 13.8 Å². The highest BCUT2D eigenvalue weighted by molar-refractivity contribution is 5.95. The molecule has 6 nitrogen and oxygen atoms in total. The number of aliphatic hydroxyl groups is 2. The Labute approximate surface area is 184 Å². The van der Waals surface area contributed by atoms with Crippen LogP contribution in [-0.2, 0) is 14.4 Å². The second-order valence-electron chi connectivity index (χ2n) is 11.3. The average molecular weight is 433 g/mol. The van der Waals surface area contributed by atoms with Gasteiger partial charge < -0.3 is 15.3 Å². The number of carbonyl (C=O) groups is 3. The van der Waals surface area contributed by atoms with Crippen molar-refractivity contribution in [1.82, 2.24) is 0 Å². The van der Waals surface area contributed by atoms with E-state index >= 15 is 0 Å². The van der Waals surface area contributed by atoms with Crippen LogP contribution in [0.5, 0.6) is 0 Å². The fraction of sp³-hybridized carbons (Fsp3) is 0.800. The third-order valence-electron chi connectivity index (χ3n) is 9.91. The summed E-state index contributed by atoms with van der Waals surface area (Å²) in [5.74, 6) is -0.934. The van der Waals surface area contributed by atoms with E-state index in [0.29, 0.717) is 31.1 Å². The quantitative estimate of drug-likeness (QED) is 0.629. The molecule has 0 aromatic heterocycles. The first kappa shape index (κ1) is 22.7. The number of carboxylic acids is 1. The minimum atomic E-state index is -1.72. The molecular formula is C25H36O6. The average Bonchev–Trinajstić information content (AvgIpc) is 2.90. The molecule has 3 unspecified atom stereocenters. The van der Waals surface area contributed by atoms with Crippen LogP contribution in [0.3, 0.4) is 0 Å². The number of carbonyl (C=O) groups excluding carboxylic acids is 2. The fourth-order valence-corrected chi connectivity index (χ4v) is 8.36. The molecule has 3 saturated carbocycles. The molecule has 172 valence electrons. The molecule has 0 radical (unpaired) electrons. The summed E-state index contributed by atoms with van der Waals surface area (Å²) in [6.07, 6.45) is 4.12. The minimum absolute atomic E-state index is 0.0195. The standard InChI is InChI=1S/C25H36O6/c1-13-9-16-17(23(3)7-5-15(26)11-18(13)23)6-8-24(4)19(16)10-14(2)25(24,31)22(30)20(27)12-21(28)29/h11,13-14,16-17,19-20,27,31H,5-10,12H2,1-4H3,(H,28,29)/t13?,14?,16-,17+,19+,20?,23-,24+,25+/m1/s1. The lowest BCUT2D eigenvalue weighted by atomic mass is 9.44. The van der Waals surface area contributed by atoms with Crippen LogP contribution in [-0.4, -0.2) is 44.6 Å². The highest BCUT2D eigenvalue weighted by atomic mass is 16.4. The molecule has 9 atom stereocenters. The van der Waals surface area contributed by atoms with E-state index in [-0.39, 0.29) is 29.0 Å². The van der Waals surface area contributed by atoms with E-state index < -0.39 is 35.3 Å². The molecule has 0 aliphatic heterocycles. The Morgan fingerprint density at radius 1 is 1.16 bits per heavy atom. The molecule has 0 spiro atoms. The lowest BCUT2D eigenvalue weighted by Gasteiger charge is -2.60. The summed E-state index contributed by atoms with van der Waals surface area (Å²) in [5.41, 5.74) is -1.15. The van der Waals surface area contributed by atoms with Gasteiger partial charge in [-0.25, -0.2) is 0 Å². The molecule has 0 saturated heterocycles. The highest BCUT2D eigenvalue weighted by Crippen LogP contribution is 2.69. The smallest absolute Gasteiger partial charge is 0.306 e. The number of aliphatic hydroxyl groups excluding tert-OH is 1. The van der Waals surface area contributed by atoms with Gasteiger partial charge in [0.2, 0.25) is 0 Å². The maximum absolute atomic E-state index is 13.2. The van der Waals surface area contributed by atoms with Crippen molar-refractivity contribution in [3.8, 4) is 0 Å². The van der Waals surface area contributed by atoms with Gasteiger partial charge in [0.15, 0.2) is 11.6 Å². The SMILES string of the molecule is CC1C[C@@H]2[C@H](CC[C@@]3(C)[C@H]2CC(C)[C@]3(O)C(=O)C(O)CC(=O)O)[C@@]2(C)CCC(=O)C=C12. The van der Waals surface area contributed by atoms with Crippen molar-refractivity contribution in [2.75, 3.05) is 0 Å². The Kier molecular flexibility index (Phi) is 5.29. The summed E-state index contributed by atoms with van der Waals surface area (Å²) in [5, 5.41) is 31.1. The summed E-state index contributed by atoms with van der Waals surface area (Å²) >= 11 is 0. The van der Waals surface area contributed by atoms with Crippen molar-refractivity contribution < 1.29 is 29.7 Å². The van der Waals surface area contributed by atoms with Crippen molar-refractivity contribution in [3.63, 3.8) is 0 Å². The molecule has 0 heterocycles. The maximum Gasteiger partial charge on any atom is 0.306 e. The number of carboxylic acid groups (broad SMARTS) is 1. The summed E-state index contributed by atoms with van der Waals surface area (Å²) in [7, 11) is 0. The molecule has 3 fully saturated rings. The van der Waals surface area contributed by atoms with Gasteiger partial charge in [-0.05, 0) is 73.2 Å². The van der Waals surface area contributed by atoms with Crippen molar-refractivity contribution in [2.45, 2.75) is 84.3 Å². The second-order valence-corrected chi connectivity index (χ2v) is 11.3. The van der Waals surface area contributed by atoms with E-state index in [4.69, 9.17) is 5.11 Å². The van der Waals surface area contributed by atoms with Crippen LogP contribution in [0.15, 0.2) is 11.6 Å². The Morgan fingerprint density at radius 3 is 2.48 bits per heavy atom. The zero-order chi connectivity index (χ0) is 22.9. The number of ketones is 2. The van der Waals surface area contributed by atoms with Crippen LogP contribution < -0.4 is 0 Å². The molecule has 0 bridgehead atoms. The predicted molar refractivity (Wildman–Crippen MR) is 114 cm³/mol. The van der Waals surface area contributed by atoms with Crippen LogP contribution >= 0.6 is 0 Å². The predicted octanol–water partition coefficient (Wildman–Crippen LogP) is 3.15. The Morgan fingerprint density at radius 2 is 1.84 bits per heavy atom. The van der Waals surface area contributed by atoms with Gasteiger partial charge in [-0.15, -0.1) is 0 Å². The fourth-order valence-electron chi connectivity index (χ4n) is 8.36. The van der Waals surface area contributed by atoms with Crippen molar-refractivity contribution >= 4 is 17.5 Å². The third kappa shape index (κ3) is 3.01. The Balaban J connectivity index is 1.70. The molecule has 4 rings (SSSR count). The summed E-state index contributed by atoms with van der Waals surface area (Å²) in [6.45, 7) is 8.33. The number of allylic oxidation sites excluding steroid dienone is 1. The number of fused-ring (bicyclic) bond motifs is 5. The van der Waals surface area contributed by atoms with Crippen LogP contribution in [0.4, 0.5) is 0 Å². The van der Waals surface area contributed by atoms with Crippen LogP contribution in [0, 0.1) is 40.4 Å². The number of rotatable bonds is 4. The number of hydrogen-bond acceptors (Lipinski definition) is 5. The van der Waals surface area contributed by atoms with Gasteiger partial charge in [0.1, 0.15) is 11.7 Å². The zero-order valence-corrected chi connectivity index (χ0v) is 19.1. The second kappa shape index (κ2) is 7.24. The van der Waals surface area contributed by atoms with E-state index in [1.165, 1.54) is 5.57 Å². The Bertz CT molecular complexity index is 847. The van der Waals surface area contributed by atoms with Gasteiger partial charge in [-0.2, -0.15) is 0 Å². The lowest BCUT2D eigenvalue weighted by molar-refractivity contribution is -0.178. The first-order chi connectivity index (χ1) is 14.4. The topological polar surface area (TPSA) is 112 Å². The first-order valence-electron chi connectivity index (χ1n) is 11.8. The third-order valence-corrected chi connectivity index (χ3v) is 9.91. The molecule has 4 aliphatic rings. The van der Waals surface area contributed by atoms with Gasteiger partial charge in [-0.3, -0.25) is 14.4 Å². The lowest BCUT2D eigenvalue weighted by Crippen LogP contribution is -2.61. The molecule has 31 heavy (non-hydrogen) atoms. The van der Waals surface area contributed by atoms with Crippen molar-refractivity contribution in [1.29, 1.82) is 0 Å². The molecular weight excluding hydrogens is 396 g/mol. The van der Waals surface area contributed by atoms with Crippen LogP contribution in [0.25, 0.3) is 0 Å². The van der Waals surface area contributed by atoms with Gasteiger partial charge >= 0.3 is 5.97 Å². The zero-order valence-electron chi connectivity index (χ0n) is 19.1. The normalized spacial score (nSPS) is 47.6. The number of hydrogen-bond donors (Lipinski definition) is 3. The van der Waals surface area contributed by atoms with E-state index in [9.17, 15) is 24.6 Å². The first-order valence-corrected chi connectivity index (χ1v) is 11.8. The van der Waals surface area contributed by atoms with Crippen molar-refractivity contribution in [3.05, 3.63) is 11.6 Å². The maximum atomic E-state index is 13.2. The number of Topliss-reactive ketones (excluding diaryl/α,β-unsaturated/α-hetero) is 1. The van der Waals surface area contributed by atoms with Crippen LogP contribution in [0.1, 0.15) is 72.6 Å². The van der Waals surface area contributed by atoms with Gasteiger partial charge in [0, 0.05) is 11.8 Å². The van der Waals surface area contributed by atoms with E-state index in [1.807, 2.05) is 19.9 Å². The molecule has 4 aliphatic carbocycles. The monoisotopic (exact) mass is 432 g/mol. The molecule has 0 amide bonds. The van der Waals surface area contributed by atoms with Crippen LogP contribution in [0.2, 0.25) is 0 Å². The van der Waals surface area contributed by atoms with E-state index in [1.54, 1.807) is 0 Å². The van der Waals surface area contributed by atoms with Gasteiger partial charge in [0.05, 0.1) is 6.42 Å². The Hall–Kier alpha value is -1.53. The summed E-state index contributed by atoms with van der Waals surface area (Å²) in [4.78, 5) is 36.4.